The molecule has 0 unspecified atom stereocenters. The highest BCUT2D eigenvalue weighted by molar-refractivity contribution is 7.13. The minimum absolute atomic E-state index is 0.339. The third kappa shape index (κ3) is 3.07. The molecule has 1 N–H and O–H groups in total. The largest absolute Gasteiger partial charge is 0.472 e. The molecule has 2 heterocycles. The molecule has 2 aromatic rings. The molecule has 0 spiro atoms. The van der Waals surface area contributed by atoms with E-state index in [1.54, 1.807) is 24.8 Å². The lowest BCUT2D eigenvalue weighted by Gasteiger charge is -1.99. The van der Waals surface area contributed by atoms with Gasteiger partial charge >= 0.3 is 5.97 Å². The molecule has 90 valence electrons. The third-order valence-corrected chi connectivity index (χ3v) is 2.81. The lowest BCUT2D eigenvalue weighted by Crippen LogP contribution is -2.05. The van der Waals surface area contributed by atoms with E-state index in [2.05, 4.69) is 10.3 Å². The molecule has 0 saturated carbocycles. The molecule has 0 saturated heterocycles. The predicted molar refractivity (Wildman–Crippen MR) is 64.1 cm³/mol. The first-order valence-electron chi connectivity index (χ1n) is 5.17. The quantitative estimate of drug-likeness (QED) is 0.828. The molecule has 2 aromatic heterocycles. The molecule has 5 nitrogen and oxygen atoms in total. The Labute approximate surface area is 102 Å². The van der Waals surface area contributed by atoms with Gasteiger partial charge in [0.25, 0.3) is 0 Å². The number of furan rings is 1. The second kappa shape index (κ2) is 5.49. The summed E-state index contributed by atoms with van der Waals surface area (Å²) in [5.41, 5.74) is 1.37. The number of esters is 1. The Hall–Kier alpha value is -1.82. The van der Waals surface area contributed by atoms with Crippen LogP contribution in [0.15, 0.2) is 28.4 Å². The first-order valence-corrected chi connectivity index (χ1v) is 6.05. The summed E-state index contributed by atoms with van der Waals surface area (Å²) in [5.74, 6) is -0.389. The fraction of sp³-hybridized carbons (Fsp3) is 0.273. The molecule has 17 heavy (non-hydrogen) atoms. The zero-order chi connectivity index (χ0) is 12.1. The van der Waals surface area contributed by atoms with E-state index in [4.69, 9.17) is 9.15 Å². The lowest BCUT2D eigenvalue weighted by molar-refractivity contribution is 0.0520. The third-order valence-electron chi connectivity index (χ3n) is 2.01. The van der Waals surface area contributed by atoms with Crippen molar-refractivity contribution in [1.82, 2.24) is 4.98 Å². The summed E-state index contributed by atoms with van der Waals surface area (Å²) in [4.78, 5) is 15.5. The first-order chi connectivity index (χ1) is 8.29. The van der Waals surface area contributed by atoms with Crippen LogP contribution in [0.5, 0.6) is 0 Å². The Morgan fingerprint density at radius 1 is 1.65 bits per heavy atom. The van der Waals surface area contributed by atoms with E-state index in [0.29, 0.717) is 24.0 Å². The number of hydrogen-bond acceptors (Lipinski definition) is 6. The molecular formula is C11H12N2O3S. The van der Waals surface area contributed by atoms with Crippen LogP contribution >= 0.6 is 11.3 Å². The van der Waals surface area contributed by atoms with Gasteiger partial charge in [0.15, 0.2) is 10.8 Å². The summed E-state index contributed by atoms with van der Waals surface area (Å²) in [7, 11) is 0. The molecule has 6 heteroatoms. The Morgan fingerprint density at radius 2 is 2.53 bits per heavy atom. The molecule has 0 bridgehead atoms. The van der Waals surface area contributed by atoms with Crippen LogP contribution in [0.2, 0.25) is 0 Å². The summed E-state index contributed by atoms with van der Waals surface area (Å²) in [5, 5.41) is 5.47. The summed E-state index contributed by atoms with van der Waals surface area (Å²) < 4.78 is 9.80. The number of nitrogens with one attached hydrogen (secondary N) is 1. The number of ether oxygens (including phenoxy) is 1. The van der Waals surface area contributed by atoms with Gasteiger partial charge in [0.2, 0.25) is 0 Å². The first kappa shape index (κ1) is 11.7. The maximum Gasteiger partial charge on any atom is 0.357 e. The van der Waals surface area contributed by atoms with Gasteiger partial charge in [-0.15, -0.1) is 11.3 Å². The van der Waals surface area contributed by atoms with Gasteiger partial charge in [-0.1, -0.05) is 0 Å². The predicted octanol–water partition coefficient (Wildman–Crippen LogP) is 2.52. The Kier molecular flexibility index (Phi) is 3.77. The molecule has 0 radical (unpaired) electrons. The molecule has 0 atom stereocenters. The Bertz CT molecular complexity index is 479. The second-order valence-corrected chi connectivity index (χ2v) is 4.10. The van der Waals surface area contributed by atoms with Gasteiger partial charge in [0.1, 0.15) is 0 Å². The van der Waals surface area contributed by atoms with Crippen LogP contribution < -0.4 is 5.32 Å². The van der Waals surface area contributed by atoms with Crippen LogP contribution in [0.1, 0.15) is 23.0 Å². The standard InChI is InChI=1S/C11H12N2O3S/c1-2-16-10(14)9-7-17-11(13-9)12-5-8-3-4-15-6-8/h3-4,6-7H,2,5H2,1H3,(H,12,13). The maximum absolute atomic E-state index is 11.4. The molecule has 0 amide bonds. The number of hydrogen-bond donors (Lipinski definition) is 1. The SMILES string of the molecule is CCOC(=O)c1csc(NCc2ccoc2)n1. The van der Waals surface area contributed by atoms with E-state index in [9.17, 15) is 4.79 Å². The van der Waals surface area contributed by atoms with Crippen molar-refractivity contribution in [3.05, 3.63) is 35.2 Å². The molecule has 0 aliphatic heterocycles. The number of anilines is 1. The smallest absolute Gasteiger partial charge is 0.357 e. The van der Waals surface area contributed by atoms with Crippen LogP contribution in [0, 0.1) is 0 Å². The number of nitrogens with zero attached hydrogens (tertiary/aromatic N) is 1. The Balaban J connectivity index is 1.92. The van der Waals surface area contributed by atoms with Crippen molar-refractivity contribution in [2.75, 3.05) is 11.9 Å². The number of carbonyl (C=O) groups is 1. The number of aromatic nitrogens is 1. The Morgan fingerprint density at radius 3 is 3.24 bits per heavy atom. The number of thiazole rings is 1. The zero-order valence-corrected chi connectivity index (χ0v) is 10.1. The van der Waals surface area contributed by atoms with Crippen molar-refractivity contribution >= 4 is 22.4 Å². The van der Waals surface area contributed by atoms with Gasteiger partial charge in [-0.2, -0.15) is 0 Å². The second-order valence-electron chi connectivity index (χ2n) is 3.24. The highest BCUT2D eigenvalue weighted by Gasteiger charge is 2.11. The van der Waals surface area contributed by atoms with Gasteiger partial charge in [-0.3, -0.25) is 0 Å². The summed E-state index contributed by atoms with van der Waals surface area (Å²) in [6, 6.07) is 1.87. The highest BCUT2D eigenvalue weighted by Crippen LogP contribution is 2.17. The van der Waals surface area contributed by atoms with E-state index < -0.39 is 0 Å². The van der Waals surface area contributed by atoms with Crippen molar-refractivity contribution < 1.29 is 13.9 Å². The zero-order valence-electron chi connectivity index (χ0n) is 9.30. The van der Waals surface area contributed by atoms with Crippen molar-refractivity contribution in [2.24, 2.45) is 0 Å². The minimum Gasteiger partial charge on any atom is -0.472 e. The van der Waals surface area contributed by atoms with Gasteiger partial charge < -0.3 is 14.5 Å². The van der Waals surface area contributed by atoms with Crippen LogP contribution in [-0.4, -0.2) is 17.6 Å². The number of carbonyl (C=O) groups excluding carboxylic acids is 1. The molecule has 0 aliphatic carbocycles. The van der Waals surface area contributed by atoms with Gasteiger partial charge in [0, 0.05) is 17.5 Å². The van der Waals surface area contributed by atoms with Crippen LogP contribution in [0.25, 0.3) is 0 Å². The average molecular weight is 252 g/mol. The van der Waals surface area contributed by atoms with Crippen LogP contribution in [-0.2, 0) is 11.3 Å². The fourth-order valence-electron chi connectivity index (χ4n) is 1.22. The summed E-state index contributed by atoms with van der Waals surface area (Å²) in [6.07, 6.45) is 3.27. The van der Waals surface area contributed by atoms with Crippen LogP contribution in [0.3, 0.4) is 0 Å². The van der Waals surface area contributed by atoms with Crippen molar-refractivity contribution in [3.63, 3.8) is 0 Å². The van der Waals surface area contributed by atoms with Gasteiger partial charge in [-0.05, 0) is 13.0 Å². The van der Waals surface area contributed by atoms with E-state index in [0.717, 1.165) is 5.56 Å². The van der Waals surface area contributed by atoms with Gasteiger partial charge in [-0.25, -0.2) is 9.78 Å². The monoisotopic (exact) mass is 252 g/mol. The van der Waals surface area contributed by atoms with Gasteiger partial charge in [0.05, 0.1) is 19.1 Å². The molecule has 0 aromatic carbocycles. The van der Waals surface area contributed by atoms with E-state index in [1.807, 2.05) is 6.07 Å². The molecule has 0 fully saturated rings. The van der Waals surface area contributed by atoms with Crippen molar-refractivity contribution in [1.29, 1.82) is 0 Å². The summed E-state index contributed by atoms with van der Waals surface area (Å²) >= 11 is 1.37. The minimum atomic E-state index is -0.389. The van der Waals surface area contributed by atoms with Crippen molar-refractivity contribution in [3.8, 4) is 0 Å². The fourth-order valence-corrected chi connectivity index (χ4v) is 1.90. The van der Waals surface area contributed by atoms with E-state index in [-0.39, 0.29) is 5.97 Å². The normalized spacial score (nSPS) is 10.2. The highest BCUT2D eigenvalue weighted by atomic mass is 32.1. The molecular weight excluding hydrogens is 240 g/mol. The maximum atomic E-state index is 11.4. The lowest BCUT2D eigenvalue weighted by atomic mass is 10.3. The number of rotatable bonds is 5. The molecule has 0 aliphatic rings. The van der Waals surface area contributed by atoms with Crippen molar-refractivity contribution in [2.45, 2.75) is 13.5 Å². The topological polar surface area (TPSA) is 64.4 Å². The summed E-state index contributed by atoms with van der Waals surface area (Å²) in [6.45, 7) is 2.74. The average Bonchev–Trinajstić information content (AvgIpc) is 2.98. The van der Waals surface area contributed by atoms with Crippen LogP contribution in [0.4, 0.5) is 5.13 Å². The van der Waals surface area contributed by atoms with E-state index in [1.165, 1.54) is 11.3 Å². The molecule has 2 rings (SSSR count). The van der Waals surface area contributed by atoms with E-state index >= 15 is 0 Å².